The molecule has 1 saturated heterocycles. The Morgan fingerprint density at radius 2 is 2.54 bits per heavy atom. The van der Waals surface area contributed by atoms with E-state index >= 15 is 0 Å². The molecule has 1 atom stereocenters. The Hall–Kier alpha value is -1.01. The van der Waals surface area contributed by atoms with E-state index in [0.29, 0.717) is 18.8 Å². The van der Waals surface area contributed by atoms with E-state index in [9.17, 15) is 5.11 Å². The topological polar surface area (TPSA) is 75.9 Å². The molecule has 1 aromatic rings. The zero-order chi connectivity index (χ0) is 9.31. The number of nitrogens with zero attached hydrogens (tertiary/aromatic N) is 4. The molecule has 1 fully saturated rings. The Bertz CT molecular complexity index is 291. The minimum absolute atomic E-state index is 0.480. The SMILES string of the molecule is Cn1nnc(CC2(O)CCNC2)n1. The highest BCUT2D eigenvalue weighted by Gasteiger charge is 2.32. The van der Waals surface area contributed by atoms with Crippen molar-refractivity contribution in [1.82, 2.24) is 25.5 Å². The van der Waals surface area contributed by atoms with E-state index in [-0.39, 0.29) is 0 Å². The number of tetrazole rings is 1. The first-order valence-corrected chi connectivity index (χ1v) is 4.34. The third kappa shape index (κ3) is 1.84. The lowest BCUT2D eigenvalue weighted by Gasteiger charge is -2.18. The largest absolute Gasteiger partial charge is 0.388 e. The lowest BCUT2D eigenvalue weighted by Crippen LogP contribution is -2.34. The first-order chi connectivity index (χ1) is 6.18. The minimum Gasteiger partial charge on any atom is -0.388 e. The number of aliphatic hydroxyl groups is 1. The second kappa shape index (κ2) is 3.04. The Balaban J connectivity index is 2.04. The number of rotatable bonds is 2. The summed E-state index contributed by atoms with van der Waals surface area (Å²) in [5.74, 6) is 0.605. The molecule has 0 aliphatic carbocycles. The fraction of sp³-hybridized carbons (Fsp3) is 0.857. The zero-order valence-electron chi connectivity index (χ0n) is 7.56. The summed E-state index contributed by atoms with van der Waals surface area (Å²) < 4.78 is 0. The van der Waals surface area contributed by atoms with Gasteiger partial charge in [-0.2, -0.15) is 4.80 Å². The molecule has 1 aromatic heterocycles. The molecular formula is C7H13N5O. The summed E-state index contributed by atoms with van der Waals surface area (Å²) in [6, 6.07) is 0. The average molecular weight is 183 g/mol. The second-order valence-corrected chi connectivity index (χ2v) is 3.52. The van der Waals surface area contributed by atoms with E-state index in [2.05, 4.69) is 20.7 Å². The summed E-state index contributed by atoms with van der Waals surface area (Å²) in [6.45, 7) is 1.47. The van der Waals surface area contributed by atoms with Gasteiger partial charge < -0.3 is 10.4 Å². The maximum atomic E-state index is 9.97. The molecule has 13 heavy (non-hydrogen) atoms. The predicted molar refractivity (Wildman–Crippen MR) is 44.9 cm³/mol. The number of hydrogen-bond acceptors (Lipinski definition) is 5. The monoisotopic (exact) mass is 183 g/mol. The van der Waals surface area contributed by atoms with E-state index in [1.165, 1.54) is 4.80 Å². The van der Waals surface area contributed by atoms with Gasteiger partial charge in [0.1, 0.15) is 0 Å². The number of aryl methyl sites for hydroxylation is 1. The van der Waals surface area contributed by atoms with Crippen LogP contribution in [0.25, 0.3) is 0 Å². The summed E-state index contributed by atoms with van der Waals surface area (Å²) in [6.07, 6.45) is 1.24. The van der Waals surface area contributed by atoms with Crippen molar-refractivity contribution in [2.24, 2.45) is 7.05 Å². The molecule has 0 amide bonds. The van der Waals surface area contributed by atoms with Gasteiger partial charge >= 0.3 is 0 Å². The third-order valence-corrected chi connectivity index (χ3v) is 2.26. The van der Waals surface area contributed by atoms with Gasteiger partial charge in [-0.1, -0.05) is 0 Å². The molecule has 72 valence electrons. The van der Waals surface area contributed by atoms with Gasteiger partial charge in [-0.15, -0.1) is 10.2 Å². The molecule has 2 rings (SSSR count). The van der Waals surface area contributed by atoms with Gasteiger partial charge in [0, 0.05) is 13.0 Å². The first kappa shape index (κ1) is 8.58. The third-order valence-electron chi connectivity index (χ3n) is 2.26. The van der Waals surface area contributed by atoms with Crippen molar-refractivity contribution in [3.05, 3.63) is 5.82 Å². The number of hydrogen-bond donors (Lipinski definition) is 2. The smallest absolute Gasteiger partial charge is 0.177 e. The van der Waals surface area contributed by atoms with Crippen LogP contribution in [0.4, 0.5) is 0 Å². The molecule has 1 aliphatic heterocycles. The summed E-state index contributed by atoms with van der Waals surface area (Å²) in [5.41, 5.74) is -0.678. The van der Waals surface area contributed by atoms with Crippen LogP contribution >= 0.6 is 0 Å². The molecule has 1 unspecified atom stereocenters. The van der Waals surface area contributed by atoms with Gasteiger partial charge in [-0.05, 0) is 18.2 Å². The lowest BCUT2D eigenvalue weighted by atomic mass is 9.99. The van der Waals surface area contributed by atoms with Gasteiger partial charge in [-0.25, -0.2) is 0 Å². The molecule has 1 aliphatic rings. The average Bonchev–Trinajstić information content (AvgIpc) is 2.62. The van der Waals surface area contributed by atoms with Crippen LogP contribution in [-0.4, -0.2) is 44.0 Å². The van der Waals surface area contributed by atoms with Gasteiger partial charge in [-0.3, -0.25) is 0 Å². The first-order valence-electron chi connectivity index (χ1n) is 4.34. The van der Waals surface area contributed by atoms with Crippen LogP contribution in [0.3, 0.4) is 0 Å². The van der Waals surface area contributed by atoms with E-state index in [1.54, 1.807) is 7.05 Å². The van der Waals surface area contributed by atoms with Crippen molar-refractivity contribution in [2.45, 2.75) is 18.4 Å². The standard InChI is InChI=1S/C7H13N5O/c1-12-10-6(9-11-12)4-7(13)2-3-8-5-7/h8,13H,2-5H2,1H3. The second-order valence-electron chi connectivity index (χ2n) is 3.52. The van der Waals surface area contributed by atoms with E-state index in [0.717, 1.165) is 13.0 Å². The van der Waals surface area contributed by atoms with Crippen LogP contribution in [0.1, 0.15) is 12.2 Å². The maximum absolute atomic E-state index is 9.97. The van der Waals surface area contributed by atoms with Gasteiger partial charge in [0.25, 0.3) is 0 Å². The van der Waals surface area contributed by atoms with Crippen molar-refractivity contribution in [1.29, 1.82) is 0 Å². The van der Waals surface area contributed by atoms with Gasteiger partial charge in [0.15, 0.2) is 5.82 Å². The quantitative estimate of drug-likeness (QED) is 0.582. The molecule has 2 N–H and O–H groups in total. The van der Waals surface area contributed by atoms with Crippen molar-refractivity contribution in [3.8, 4) is 0 Å². The zero-order valence-corrected chi connectivity index (χ0v) is 7.56. The summed E-state index contributed by atoms with van der Waals surface area (Å²) >= 11 is 0. The highest BCUT2D eigenvalue weighted by Crippen LogP contribution is 2.17. The highest BCUT2D eigenvalue weighted by atomic mass is 16.3. The highest BCUT2D eigenvalue weighted by molar-refractivity contribution is 4.96. The van der Waals surface area contributed by atoms with Crippen LogP contribution < -0.4 is 5.32 Å². The Morgan fingerprint density at radius 3 is 3.08 bits per heavy atom. The number of aromatic nitrogens is 4. The Kier molecular flexibility index (Phi) is 2.01. The normalized spacial score (nSPS) is 28.2. The van der Waals surface area contributed by atoms with Crippen LogP contribution in [0, 0.1) is 0 Å². The van der Waals surface area contributed by atoms with E-state index in [4.69, 9.17) is 0 Å². The molecule has 0 saturated carbocycles. The summed E-state index contributed by atoms with van der Waals surface area (Å²) in [5, 5.41) is 24.7. The molecule has 6 heteroatoms. The van der Waals surface area contributed by atoms with Crippen molar-refractivity contribution in [2.75, 3.05) is 13.1 Å². The molecule has 6 nitrogen and oxygen atoms in total. The van der Waals surface area contributed by atoms with Gasteiger partial charge in [0.2, 0.25) is 0 Å². The molecule has 0 spiro atoms. The van der Waals surface area contributed by atoms with Crippen molar-refractivity contribution >= 4 is 0 Å². The van der Waals surface area contributed by atoms with E-state index in [1.807, 2.05) is 0 Å². The Labute approximate surface area is 75.9 Å². The van der Waals surface area contributed by atoms with Crippen molar-refractivity contribution in [3.63, 3.8) is 0 Å². The molecule has 0 aromatic carbocycles. The minimum atomic E-state index is -0.678. The van der Waals surface area contributed by atoms with Gasteiger partial charge in [0.05, 0.1) is 12.6 Å². The Morgan fingerprint density at radius 1 is 1.69 bits per heavy atom. The maximum Gasteiger partial charge on any atom is 0.177 e. The summed E-state index contributed by atoms with van der Waals surface area (Å²) in [4.78, 5) is 1.40. The van der Waals surface area contributed by atoms with Crippen LogP contribution in [-0.2, 0) is 13.5 Å². The van der Waals surface area contributed by atoms with Crippen LogP contribution in [0.5, 0.6) is 0 Å². The van der Waals surface area contributed by atoms with Crippen LogP contribution in [0.2, 0.25) is 0 Å². The molecule has 0 radical (unpaired) electrons. The van der Waals surface area contributed by atoms with Crippen molar-refractivity contribution < 1.29 is 5.11 Å². The molecule has 2 heterocycles. The molecular weight excluding hydrogens is 170 g/mol. The fourth-order valence-corrected chi connectivity index (χ4v) is 1.57. The molecule has 0 bridgehead atoms. The van der Waals surface area contributed by atoms with Crippen LogP contribution in [0.15, 0.2) is 0 Å². The fourth-order valence-electron chi connectivity index (χ4n) is 1.57. The lowest BCUT2D eigenvalue weighted by molar-refractivity contribution is 0.0597. The summed E-state index contributed by atoms with van der Waals surface area (Å²) in [7, 11) is 1.72. The predicted octanol–water partition coefficient (Wildman–Crippen LogP) is -1.52. The number of β-amino-alcohol motifs (C(OH)–C–C–N with tert-alkyl or cyclic N) is 1. The number of nitrogens with one attached hydrogen (secondary N) is 1. The van der Waals surface area contributed by atoms with E-state index < -0.39 is 5.60 Å².